The van der Waals surface area contributed by atoms with Crippen LogP contribution in [0.2, 0.25) is 0 Å². The summed E-state index contributed by atoms with van der Waals surface area (Å²) in [5.74, 6) is 0.0906. The van der Waals surface area contributed by atoms with Gasteiger partial charge in [0, 0.05) is 6.42 Å². The second kappa shape index (κ2) is 10.1. The zero-order valence-corrected chi connectivity index (χ0v) is 18.1. The molecule has 0 radical (unpaired) electrons. The van der Waals surface area contributed by atoms with E-state index in [0.29, 0.717) is 29.4 Å². The van der Waals surface area contributed by atoms with Gasteiger partial charge in [-0.2, -0.15) is 0 Å². The fourth-order valence-electron chi connectivity index (χ4n) is 5.55. The molecule has 0 saturated heterocycles. The lowest BCUT2D eigenvalue weighted by molar-refractivity contribution is -0.0986. The molecule has 2 saturated carbocycles. The van der Waals surface area contributed by atoms with Crippen molar-refractivity contribution in [1.29, 1.82) is 0 Å². The Labute approximate surface area is 185 Å². The number of hydrogen-bond acceptors (Lipinski definition) is 4. The molecule has 0 bridgehead atoms. The molecule has 2 fully saturated rings. The highest BCUT2D eigenvalue weighted by molar-refractivity contribution is 5.90. The van der Waals surface area contributed by atoms with Gasteiger partial charge in [-0.25, -0.2) is 9.59 Å². The van der Waals surface area contributed by atoms with Gasteiger partial charge in [-0.1, -0.05) is 62.1 Å². The molecule has 0 N–H and O–H groups in total. The number of hydrogen-bond donors (Lipinski definition) is 0. The van der Waals surface area contributed by atoms with E-state index in [1.807, 2.05) is 48.5 Å². The maximum Gasteiger partial charge on any atom is 0.338 e. The van der Waals surface area contributed by atoms with Crippen LogP contribution < -0.4 is 0 Å². The molecule has 31 heavy (non-hydrogen) atoms. The van der Waals surface area contributed by atoms with E-state index in [0.717, 1.165) is 25.7 Å². The smallest absolute Gasteiger partial charge is 0.338 e. The van der Waals surface area contributed by atoms with Gasteiger partial charge in [-0.15, -0.1) is 0 Å². The van der Waals surface area contributed by atoms with Crippen molar-refractivity contribution in [3.05, 3.63) is 71.8 Å². The molecule has 0 heterocycles. The predicted molar refractivity (Wildman–Crippen MR) is 120 cm³/mol. The number of carbonyl (C=O) groups excluding carboxylic acids is 2. The van der Waals surface area contributed by atoms with Gasteiger partial charge in [0.1, 0.15) is 5.60 Å². The molecule has 0 aromatic heterocycles. The average molecular weight is 421 g/mol. The van der Waals surface area contributed by atoms with Crippen LogP contribution in [-0.4, -0.2) is 24.1 Å². The Morgan fingerprint density at radius 3 is 1.65 bits per heavy atom. The molecular formula is C27H32O4. The molecule has 4 rings (SSSR count). The predicted octanol–water partition coefficient (Wildman–Crippen LogP) is 6.21. The van der Waals surface area contributed by atoms with Gasteiger partial charge >= 0.3 is 11.9 Å². The van der Waals surface area contributed by atoms with Gasteiger partial charge in [0.05, 0.1) is 17.7 Å². The minimum absolute atomic E-state index is 0.256. The first-order chi connectivity index (χ1) is 15.2. The fourth-order valence-corrected chi connectivity index (χ4v) is 5.55. The van der Waals surface area contributed by atoms with Crippen LogP contribution >= 0.6 is 0 Å². The summed E-state index contributed by atoms with van der Waals surface area (Å²) in [4.78, 5) is 25.6. The number of benzene rings is 2. The van der Waals surface area contributed by atoms with Crippen molar-refractivity contribution in [2.75, 3.05) is 6.61 Å². The molecule has 0 atom stereocenters. The van der Waals surface area contributed by atoms with Gasteiger partial charge in [0.15, 0.2) is 0 Å². The molecule has 0 spiro atoms. The third-order valence-corrected chi connectivity index (χ3v) is 7.12. The first-order valence-corrected chi connectivity index (χ1v) is 11.7. The molecule has 2 aromatic carbocycles. The monoisotopic (exact) mass is 420 g/mol. The zero-order chi connectivity index (χ0) is 21.5. The number of rotatable bonds is 8. The second-order valence-corrected chi connectivity index (χ2v) is 8.93. The summed E-state index contributed by atoms with van der Waals surface area (Å²) in [6, 6.07) is 18.3. The van der Waals surface area contributed by atoms with E-state index in [2.05, 4.69) is 0 Å². The van der Waals surface area contributed by atoms with Crippen LogP contribution in [0.1, 0.15) is 78.5 Å². The number of ether oxygens (including phenoxy) is 2. The summed E-state index contributed by atoms with van der Waals surface area (Å²) in [6.45, 7) is 0.267. The topological polar surface area (TPSA) is 52.6 Å². The van der Waals surface area contributed by atoms with Crippen molar-refractivity contribution in [2.24, 2.45) is 11.8 Å². The third kappa shape index (κ3) is 5.00. The molecule has 4 nitrogen and oxygen atoms in total. The van der Waals surface area contributed by atoms with Crippen LogP contribution in [0.4, 0.5) is 0 Å². The van der Waals surface area contributed by atoms with E-state index < -0.39 is 5.60 Å². The molecule has 2 aliphatic rings. The standard InChI is InChI=1S/C27H32O4/c28-25(21-11-3-1-4-12-21)30-20-19-27(23-15-7-8-16-23,24-17-9-10-18-24)31-26(29)22-13-5-2-6-14-22/h1-6,11-14,23-24H,7-10,15-20H2. The van der Waals surface area contributed by atoms with Crippen LogP contribution in [-0.2, 0) is 9.47 Å². The van der Waals surface area contributed by atoms with Crippen LogP contribution in [0, 0.1) is 11.8 Å². The maximum atomic E-state index is 13.2. The zero-order valence-electron chi connectivity index (χ0n) is 18.1. The molecule has 0 amide bonds. The average Bonchev–Trinajstić information content (AvgIpc) is 3.54. The van der Waals surface area contributed by atoms with Crippen LogP contribution in [0.3, 0.4) is 0 Å². The molecule has 2 aliphatic carbocycles. The summed E-state index contributed by atoms with van der Waals surface area (Å²) in [5, 5.41) is 0. The van der Waals surface area contributed by atoms with Gasteiger partial charge in [0.25, 0.3) is 0 Å². The van der Waals surface area contributed by atoms with Crippen molar-refractivity contribution in [1.82, 2.24) is 0 Å². The highest BCUT2D eigenvalue weighted by atomic mass is 16.6. The quantitative estimate of drug-likeness (QED) is 0.477. The molecular weight excluding hydrogens is 388 g/mol. The van der Waals surface area contributed by atoms with Crippen molar-refractivity contribution in [2.45, 2.75) is 63.4 Å². The molecule has 4 heteroatoms. The summed E-state index contributed by atoms with van der Waals surface area (Å²) >= 11 is 0. The lowest BCUT2D eigenvalue weighted by atomic mass is 9.72. The lowest BCUT2D eigenvalue weighted by Gasteiger charge is -2.43. The fraction of sp³-hybridized carbons (Fsp3) is 0.481. The number of carbonyl (C=O) groups is 2. The second-order valence-electron chi connectivity index (χ2n) is 8.93. The van der Waals surface area contributed by atoms with Crippen molar-refractivity contribution < 1.29 is 19.1 Å². The molecule has 0 unspecified atom stereocenters. The Hall–Kier alpha value is -2.62. The van der Waals surface area contributed by atoms with E-state index >= 15 is 0 Å². The highest BCUT2D eigenvalue weighted by Gasteiger charge is 2.50. The van der Waals surface area contributed by atoms with E-state index in [4.69, 9.17) is 9.47 Å². The SMILES string of the molecule is O=C(OCCC(OC(=O)c1ccccc1)(C1CCCC1)C1CCCC1)c1ccccc1. The Morgan fingerprint density at radius 1 is 0.710 bits per heavy atom. The lowest BCUT2D eigenvalue weighted by Crippen LogP contribution is -2.48. The Bertz CT molecular complexity index is 833. The number of esters is 2. The van der Waals surface area contributed by atoms with Crippen molar-refractivity contribution >= 4 is 11.9 Å². The Morgan fingerprint density at radius 2 is 1.16 bits per heavy atom. The van der Waals surface area contributed by atoms with E-state index in [1.165, 1.54) is 25.7 Å². The van der Waals surface area contributed by atoms with E-state index in [1.54, 1.807) is 12.1 Å². The summed E-state index contributed by atoms with van der Waals surface area (Å²) in [6.07, 6.45) is 9.56. The van der Waals surface area contributed by atoms with Gasteiger partial charge in [-0.05, 0) is 61.8 Å². The van der Waals surface area contributed by atoms with Crippen molar-refractivity contribution in [3.63, 3.8) is 0 Å². The van der Waals surface area contributed by atoms with Crippen LogP contribution in [0.5, 0.6) is 0 Å². The largest absolute Gasteiger partial charge is 0.462 e. The minimum atomic E-state index is -0.559. The third-order valence-electron chi connectivity index (χ3n) is 7.12. The van der Waals surface area contributed by atoms with Crippen LogP contribution in [0.25, 0.3) is 0 Å². The molecule has 164 valence electrons. The Balaban J connectivity index is 1.54. The normalized spacial score (nSPS) is 17.5. The summed E-state index contributed by atoms with van der Waals surface area (Å²) in [5.41, 5.74) is 0.580. The first-order valence-electron chi connectivity index (χ1n) is 11.7. The summed E-state index contributed by atoms with van der Waals surface area (Å²) < 4.78 is 12.1. The van der Waals surface area contributed by atoms with Gasteiger partial charge in [0.2, 0.25) is 0 Å². The van der Waals surface area contributed by atoms with Gasteiger partial charge < -0.3 is 9.47 Å². The van der Waals surface area contributed by atoms with E-state index in [-0.39, 0.29) is 18.5 Å². The minimum Gasteiger partial charge on any atom is -0.462 e. The summed E-state index contributed by atoms with van der Waals surface area (Å²) in [7, 11) is 0. The molecule has 0 aliphatic heterocycles. The van der Waals surface area contributed by atoms with Crippen LogP contribution in [0.15, 0.2) is 60.7 Å². The molecule has 2 aromatic rings. The maximum absolute atomic E-state index is 13.2. The highest BCUT2D eigenvalue weighted by Crippen LogP contribution is 2.49. The van der Waals surface area contributed by atoms with Crippen molar-refractivity contribution in [3.8, 4) is 0 Å². The van der Waals surface area contributed by atoms with E-state index in [9.17, 15) is 9.59 Å². The Kier molecular flexibility index (Phi) is 7.06. The van der Waals surface area contributed by atoms with Gasteiger partial charge in [-0.3, -0.25) is 0 Å². The first kappa shape index (κ1) is 21.6.